The van der Waals surface area contributed by atoms with Gasteiger partial charge in [-0.1, -0.05) is 0 Å². The third-order valence-electron chi connectivity index (χ3n) is 2.53. The van der Waals surface area contributed by atoms with E-state index in [9.17, 15) is 4.79 Å². The summed E-state index contributed by atoms with van der Waals surface area (Å²) in [7, 11) is 1.29. The fraction of sp³-hybridized carbons (Fsp3) is 0.889. The Kier molecular flexibility index (Phi) is 2.46. The highest BCUT2D eigenvalue weighted by atomic mass is 16.8. The van der Waals surface area contributed by atoms with Crippen molar-refractivity contribution in [3.8, 4) is 0 Å². The number of fused-ring (bicyclic) bond motifs is 1. The molecule has 2 heterocycles. The van der Waals surface area contributed by atoms with Crippen molar-refractivity contribution in [3.05, 3.63) is 0 Å². The minimum atomic E-state index is -0.805. The van der Waals surface area contributed by atoms with Gasteiger partial charge in [-0.25, -0.2) is 4.79 Å². The van der Waals surface area contributed by atoms with Gasteiger partial charge in [0, 0.05) is 0 Å². The number of hydrogen-bond donors (Lipinski definition) is 1. The molecule has 0 radical (unpaired) electrons. The van der Waals surface area contributed by atoms with E-state index in [4.69, 9.17) is 19.9 Å². The first-order valence-electron chi connectivity index (χ1n) is 4.79. The summed E-state index contributed by atoms with van der Waals surface area (Å²) in [5.74, 6) is -1.21. The molecule has 6 heteroatoms. The van der Waals surface area contributed by atoms with Crippen LogP contribution in [0.15, 0.2) is 0 Å². The molecule has 0 aromatic rings. The predicted octanol–water partition coefficient (Wildman–Crippen LogP) is -0.637. The van der Waals surface area contributed by atoms with E-state index in [2.05, 4.69) is 4.74 Å². The Balaban J connectivity index is 2.08. The summed E-state index contributed by atoms with van der Waals surface area (Å²) < 4.78 is 20.9. The van der Waals surface area contributed by atoms with Gasteiger partial charge in [0.15, 0.2) is 18.2 Å². The lowest BCUT2D eigenvalue weighted by atomic mass is 10.1. The lowest BCUT2D eigenvalue weighted by Crippen LogP contribution is -2.45. The molecular formula is C9H15NO5. The first-order valence-corrected chi connectivity index (χ1v) is 4.79. The number of methoxy groups -OCH3 is 1. The molecule has 2 aliphatic rings. The van der Waals surface area contributed by atoms with Crippen molar-refractivity contribution in [2.24, 2.45) is 5.73 Å². The zero-order valence-corrected chi connectivity index (χ0v) is 8.93. The van der Waals surface area contributed by atoms with Gasteiger partial charge in [0.25, 0.3) is 0 Å². The Bertz CT molecular complexity index is 280. The van der Waals surface area contributed by atoms with Crippen molar-refractivity contribution in [1.29, 1.82) is 0 Å². The Morgan fingerprint density at radius 2 is 2.07 bits per heavy atom. The van der Waals surface area contributed by atoms with Gasteiger partial charge in [-0.2, -0.15) is 0 Å². The van der Waals surface area contributed by atoms with Crippen LogP contribution in [0.4, 0.5) is 0 Å². The number of nitrogens with two attached hydrogens (primary N) is 1. The maximum atomic E-state index is 11.3. The number of rotatable bonds is 1. The van der Waals surface area contributed by atoms with Crippen LogP contribution in [0.3, 0.4) is 0 Å². The third-order valence-corrected chi connectivity index (χ3v) is 2.53. The minimum absolute atomic E-state index is 0.413. The zero-order valence-electron chi connectivity index (χ0n) is 8.93. The molecule has 2 aliphatic heterocycles. The molecule has 0 bridgehead atoms. The van der Waals surface area contributed by atoms with Crippen molar-refractivity contribution in [2.45, 2.75) is 44.2 Å². The second kappa shape index (κ2) is 3.41. The molecule has 0 aliphatic carbocycles. The second-order valence-electron chi connectivity index (χ2n) is 4.13. The topological polar surface area (TPSA) is 80.0 Å². The summed E-state index contributed by atoms with van der Waals surface area (Å²) in [5.41, 5.74) is 5.83. The minimum Gasteiger partial charge on any atom is -0.467 e. The van der Waals surface area contributed by atoms with Crippen molar-refractivity contribution in [2.75, 3.05) is 7.11 Å². The lowest BCUT2D eigenvalue weighted by Gasteiger charge is -2.22. The fourth-order valence-corrected chi connectivity index (χ4v) is 1.86. The van der Waals surface area contributed by atoms with E-state index in [-0.39, 0.29) is 0 Å². The maximum absolute atomic E-state index is 11.3. The van der Waals surface area contributed by atoms with Gasteiger partial charge in [0.1, 0.15) is 6.10 Å². The average Bonchev–Trinajstić information content (AvgIpc) is 2.60. The smallest absolute Gasteiger partial charge is 0.336 e. The van der Waals surface area contributed by atoms with E-state index in [1.165, 1.54) is 7.11 Å². The van der Waals surface area contributed by atoms with Crippen molar-refractivity contribution in [1.82, 2.24) is 0 Å². The molecule has 0 aromatic heterocycles. The average molecular weight is 217 g/mol. The summed E-state index contributed by atoms with van der Waals surface area (Å²) >= 11 is 0. The van der Waals surface area contributed by atoms with Crippen LogP contribution in [-0.2, 0) is 23.7 Å². The molecular weight excluding hydrogens is 202 g/mol. The Morgan fingerprint density at radius 3 is 2.60 bits per heavy atom. The van der Waals surface area contributed by atoms with Crippen molar-refractivity contribution < 1.29 is 23.7 Å². The highest BCUT2D eigenvalue weighted by Gasteiger charge is 2.55. The van der Waals surface area contributed by atoms with E-state index in [0.29, 0.717) is 0 Å². The zero-order chi connectivity index (χ0) is 11.2. The molecule has 4 atom stereocenters. The first-order chi connectivity index (χ1) is 6.94. The summed E-state index contributed by atoms with van der Waals surface area (Å²) in [6, 6.07) is -0.552. The van der Waals surface area contributed by atoms with Crippen LogP contribution >= 0.6 is 0 Å². The summed E-state index contributed by atoms with van der Waals surface area (Å²) in [6.07, 6.45) is -1.80. The van der Waals surface area contributed by atoms with E-state index >= 15 is 0 Å². The number of hydrogen-bond acceptors (Lipinski definition) is 6. The molecule has 0 aromatic carbocycles. The summed E-state index contributed by atoms with van der Waals surface area (Å²) in [4.78, 5) is 11.3. The quantitative estimate of drug-likeness (QED) is 0.589. The van der Waals surface area contributed by atoms with Crippen molar-refractivity contribution >= 4 is 5.97 Å². The van der Waals surface area contributed by atoms with Gasteiger partial charge in [-0.3, -0.25) is 0 Å². The number of ether oxygens (including phenoxy) is 4. The van der Waals surface area contributed by atoms with E-state index in [1.807, 2.05) is 0 Å². The van der Waals surface area contributed by atoms with Gasteiger partial charge in [-0.15, -0.1) is 0 Å². The Labute approximate surface area is 87.6 Å². The van der Waals surface area contributed by atoms with Crippen molar-refractivity contribution in [3.63, 3.8) is 0 Å². The number of esters is 1. The van der Waals surface area contributed by atoms with Crippen LogP contribution in [0, 0.1) is 0 Å². The molecule has 2 saturated heterocycles. The maximum Gasteiger partial charge on any atom is 0.336 e. The van der Waals surface area contributed by atoms with E-state index in [1.54, 1.807) is 13.8 Å². The first kappa shape index (κ1) is 10.8. The highest BCUT2D eigenvalue weighted by molar-refractivity contribution is 5.76. The number of carbonyl (C=O) groups is 1. The van der Waals surface area contributed by atoms with Gasteiger partial charge < -0.3 is 24.7 Å². The molecule has 86 valence electrons. The normalized spacial score (nSPS) is 42.7. The second-order valence-corrected chi connectivity index (χ2v) is 4.13. The SMILES string of the molecule is COC(=O)[C@H]1O[C@@H]2OC(C)(C)O[C@@H]2[C@H]1N. The largest absolute Gasteiger partial charge is 0.467 e. The highest BCUT2D eigenvalue weighted by Crippen LogP contribution is 2.36. The lowest BCUT2D eigenvalue weighted by molar-refractivity contribution is -0.212. The van der Waals surface area contributed by atoms with E-state index < -0.39 is 36.3 Å². The third kappa shape index (κ3) is 1.74. The fourth-order valence-electron chi connectivity index (χ4n) is 1.86. The van der Waals surface area contributed by atoms with E-state index in [0.717, 1.165) is 0 Å². The van der Waals surface area contributed by atoms with Crippen LogP contribution in [0.1, 0.15) is 13.8 Å². The molecule has 0 amide bonds. The molecule has 0 saturated carbocycles. The van der Waals surface area contributed by atoms with Crippen LogP contribution in [0.2, 0.25) is 0 Å². The Morgan fingerprint density at radius 1 is 1.40 bits per heavy atom. The van der Waals surface area contributed by atoms with Gasteiger partial charge in [0.05, 0.1) is 13.2 Å². The van der Waals surface area contributed by atoms with Crippen LogP contribution in [-0.4, -0.2) is 43.4 Å². The Hall–Kier alpha value is -0.690. The molecule has 2 rings (SSSR count). The molecule has 6 nitrogen and oxygen atoms in total. The molecule has 2 fully saturated rings. The monoisotopic (exact) mass is 217 g/mol. The van der Waals surface area contributed by atoms with Gasteiger partial charge in [-0.05, 0) is 13.8 Å². The van der Waals surface area contributed by atoms with Gasteiger partial charge in [0.2, 0.25) is 0 Å². The summed E-state index contributed by atoms with van der Waals surface area (Å²) in [6.45, 7) is 3.54. The van der Waals surface area contributed by atoms with Crippen LogP contribution in [0.5, 0.6) is 0 Å². The van der Waals surface area contributed by atoms with Gasteiger partial charge >= 0.3 is 5.97 Å². The molecule has 15 heavy (non-hydrogen) atoms. The van der Waals surface area contributed by atoms with Crippen LogP contribution in [0.25, 0.3) is 0 Å². The molecule has 0 unspecified atom stereocenters. The molecule has 2 N–H and O–H groups in total. The number of carbonyl (C=O) groups excluding carboxylic acids is 1. The molecule has 0 spiro atoms. The standard InChI is InChI=1S/C9H15NO5/c1-9(2)14-6-4(10)5(7(11)12-3)13-8(6)15-9/h4-6,8H,10H2,1-3H3/t4-,5-,6+,8+/m0/s1. The van der Waals surface area contributed by atoms with Crippen LogP contribution < -0.4 is 5.73 Å². The predicted molar refractivity (Wildman–Crippen MR) is 48.7 cm³/mol. The summed E-state index contributed by atoms with van der Waals surface area (Å²) in [5, 5.41) is 0.